The van der Waals surface area contributed by atoms with Crippen LogP contribution in [0.3, 0.4) is 0 Å². The van der Waals surface area contributed by atoms with E-state index in [1.54, 1.807) is 6.07 Å². The molecule has 1 spiro atoms. The molecule has 132 valence electrons. The maximum Gasteiger partial charge on any atom is 0.488 e. The van der Waals surface area contributed by atoms with Gasteiger partial charge in [0.2, 0.25) is 0 Å². The number of hydrogen-bond donors (Lipinski definition) is 2. The maximum absolute atomic E-state index is 9.84. The van der Waals surface area contributed by atoms with Gasteiger partial charge in [-0.3, -0.25) is 4.98 Å². The smallest absolute Gasteiger partial charge is 0.423 e. The van der Waals surface area contributed by atoms with Gasteiger partial charge in [-0.1, -0.05) is 72.8 Å². The number of pyridine rings is 1. The van der Waals surface area contributed by atoms with Gasteiger partial charge in [-0.2, -0.15) is 0 Å². The Morgan fingerprint density at radius 3 is 2.07 bits per heavy atom. The molecule has 2 N–H and O–H groups in total. The normalized spacial score (nSPS) is 17.8. The minimum atomic E-state index is -1.50. The Bertz CT molecular complexity index is 1200. The Balaban J connectivity index is 1.83. The van der Waals surface area contributed by atoms with Crippen molar-refractivity contribution < 1.29 is 10.0 Å². The van der Waals surface area contributed by atoms with Gasteiger partial charge in [-0.25, -0.2) is 0 Å². The molecule has 0 saturated heterocycles. The number of rotatable bonds is 1. The van der Waals surface area contributed by atoms with E-state index in [0.717, 1.165) is 27.9 Å². The van der Waals surface area contributed by atoms with Gasteiger partial charge in [0.05, 0.1) is 11.1 Å². The van der Waals surface area contributed by atoms with Crippen molar-refractivity contribution in [2.45, 2.75) is 5.41 Å². The van der Waals surface area contributed by atoms with Gasteiger partial charge < -0.3 is 10.0 Å². The second kappa shape index (κ2) is 5.41. The van der Waals surface area contributed by atoms with Gasteiger partial charge >= 0.3 is 7.12 Å². The summed E-state index contributed by atoms with van der Waals surface area (Å²) in [6, 6.07) is 26.8. The molecule has 0 bridgehead atoms. The first-order valence-electron chi connectivity index (χ1n) is 9.38. The molecule has 4 aromatic rings. The standard InChI is InChI=1S/C24H16BNO2/c27-25(28)15-11-12-17-16-6-1-3-8-19(16)24(22(17)14-15)20-9-4-2-7-18(20)23-21(24)10-5-13-26-23/h1-14,27-28H. The molecule has 2 aliphatic rings. The Morgan fingerprint density at radius 2 is 1.29 bits per heavy atom. The lowest BCUT2D eigenvalue weighted by Gasteiger charge is -2.30. The zero-order valence-electron chi connectivity index (χ0n) is 15.0. The molecule has 3 nitrogen and oxygen atoms in total. The van der Waals surface area contributed by atoms with Crippen molar-refractivity contribution >= 4 is 12.6 Å². The largest absolute Gasteiger partial charge is 0.488 e. The van der Waals surface area contributed by atoms with Gasteiger partial charge in [-0.05, 0) is 44.9 Å². The Morgan fingerprint density at radius 1 is 0.643 bits per heavy atom. The first kappa shape index (κ1) is 15.8. The molecule has 0 aliphatic heterocycles. The van der Waals surface area contributed by atoms with Crippen molar-refractivity contribution in [2.75, 3.05) is 0 Å². The van der Waals surface area contributed by atoms with Gasteiger partial charge in [0, 0.05) is 11.8 Å². The third kappa shape index (κ3) is 1.74. The van der Waals surface area contributed by atoms with E-state index in [9.17, 15) is 10.0 Å². The summed E-state index contributed by atoms with van der Waals surface area (Å²) in [6.45, 7) is 0. The van der Waals surface area contributed by atoms with Crippen LogP contribution in [0.5, 0.6) is 0 Å². The SMILES string of the molecule is OB(O)c1ccc2c(c1)C1(c3ccccc3-2)c2ccccc2-c2ncccc21. The van der Waals surface area contributed by atoms with Crippen LogP contribution in [0.4, 0.5) is 0 Å². The second-order valence-corrected chi connectivity index (χ2v) is 7.42. The maximum atomic E-state index is 9.84. The minimum absolute atomic E-state index is 0.489. The fraction of sp³-hybridized carbons (Fsp3) is 0.0417. The van der Waals surface area contributed by atoms with Crippen LogP contribution < -0.4 is 5.46 Å². The van der Waals surface area contributed by atoms with Crippen LogP contribution in [-0.2, 0) is 5.41 Å². The number of aromatic nitrogens is 1. The second-order valence-electron chi connectivity index (χ2n) is 7.42. The molecular weight excluding hydrogens is 345 g/mol. The summed E-state index contributed by atoms with van der Waals surface area (Å²) in [5.41, 5.74) is 9.09. The molecule has 2 aliphatic carbocycles. The van der Waals surface area contributed by atoms with Gasteiger partial charge in [0.25, 0.3) is 0 Å². The highest BCUT2D eigenvalue weighted by Crippen LogP contribution is 2.61. The van der Waals surface area contributed by atoms with Gasteiger partial charge in [0.1, 0.15) is 0 Å². The van der Waals surface area contributed by atoms with Crippen LogP contribution in [0.1, 0.15) is 22.3 Å². The molecule has 28 heavy (non-hydrogen) atoms. The molecule has 0 radical (unpaired) electrons. The first-order chi connectivity index (χ1) is 13.7. The Hall–Kier alpha value is -3.21. The Labute approximate surface area is 163 Å². The molecule has 3 aromatic carbocycles. The highest BCUT2D eigenvalue weighted by Gasteiger charge is 2.52. The monoisotopic (exact) mass is 361 g/mol. The van der Waals surface area contributed by atoms with Crippen molar-refractivity contribution in [1.29, 1.82) is 0 Å². The van der Waals surface area contributed by atoms with Crippen LogP contribution in [0.15, 0.2) is 85.1 Å². The van der Waals surface area contributed by atoms with Crippen LogP contribution in [0.2, 0.25) is 0 Å². The van der Waals surface area contributed by atoms with Crippen molar-refractivity contribution in [2.24, 2.45) is 0 Å². The zero-order chi connectivity index (χ0) is 18.9. The van der Waals surface area contributed by atoms with Crippen molar-refractivity contribution in [3.63, 3.8) is 0 Å². The third-order valence-electron chi connectivity index (χ3n) is 6.16. The van der Waals surface area contributed by atoms with Crippen LogP contribution in [-0.4, -0.2) is 22.2 Å². The minimum Gasteiger partial charge on any atom is -0.423 e. The number of nitrogens with zero attached hydrogens (tertiary/aromatic N) is 1. The van der Waals surface area contributed by atoms with Crippen LogP contribution in [0, 0.1) is 0 Å². The van der Waals surface area contributed by atoms with E-state index in [1.807, 2.05) is 30.5 Å². The molecule has 0 saturated carbocycles. The molecule has 0 amide bonds. The molecule has 4 heteroatoms. The summed E-state index contributed by atoms with van der Waals surface area (Å²) in [7, 11) is -1.50. The molecule has 0 fully saturated rings. The molecule has 6 rings (SSSR count). The predicted octanol–water partition coefficient (Wildman–Crippen LogP) is 3.10. The summed E-state index contributed by atoms with van der Waals surface area (Å²) < 4.78 is 0. The van der Waals surface area contributed by atoms with Crippen molar-refractivity contribution in [1.82, 2.24) is 4.98 Å². The highest BCUT2D eigenvalue weighted by molar-refractivity contribution is 6.58. The van der Waals surface area contributed by atoms with E-state index >= 15 is 0 Å². The lowest BCUT2D eigenvalue weighted by molar-refractivity contribution is 0.425. The summed E-state index contributed by atoms with van der Waals surface area (Å²) in [5, 5.41) is 19.7. The highest BCUT2D eigenvalue weighted by atomic mass is 16.4. The summed E-state index contributed by atoms with van der Waals surface area (Å²) in [6.07, 6.45) is 1.84. The van der Waals surface area contributed by atoms with E-state index in [0.29, 0.717) is 5.46 Å². The molecule has 1 unspecified atom stereocenters. The number of fused-ring (bicyclic) bond motifs is 10. The van der Waals surface area contributed by atoms with Crippen LogP contribution >= 0.6 is 0 Å². The van der Waals surface area contributed by atoms with Crippen molar-refractivity contribution in [3.8, 4) is 22.4 Å². The third-order valence-corrected chi connectivity index (χ3v) is 6.16. The molecule has 1 aromatic heterocycles. The van der Waals surface area contributed by atoms with Gasteiger partial charge in [-0.15, -0.1) is 0 Å². The van der Waals surface area contributed by atoms with E-state index in [4.69, 9.17) is 4.98 Å². The molecule has 1 atom stereocenters. The van der Waals surface area contributed by atoms with Gasteiger partial charge in [0.15, 0.2) is 0 Å². The van der Waals surface area contributed by atoms with Crippen LogP contribution in [0.25, 0.3) is 22.4 Å². The lowest BCUT2D eigenvalue weighted by atomic mass is 9.69. The number of hydrogen-bond acceptors (Lipinski definition) is 3. The quantitative estimate of drug-likeness (QED) is 0.443. The molecular formula is C24H16BNO2. The number of benzene rings is 3. The summed E-state index contributed by atoms with van der Waals surface area (Å²) >= 11 is 0. The van der Waals surface area contributed by atoms with E-state index in [-0.39, 0.29) is 0 Å². The van der Waals surface area contributed by atoms with Crippen molar-refractivity contribution in [3.05, 3.63) is 107 Å². The zero-order valence-corrected chi connectivity index (χ0v) is 15.0. The fourth-order valence-corrected chi connectivity index (χ4v) is 5.12. The summed E-state index contributed by atoms with van der Waals surface area (Å²) in [4.78, 5) is 4.72. The average molecular weight is 361 g/mol. The topological polar surface area (TPSA) is 53.4 Å². The Kier molecular flexibility index (Phi) is 3.06. The predicted molar refractivity (Wildman–Crippen MR) is 110 cm³/mol. The summed E-state index contributed by atoms with van der Waals surface area (Å²) in [5.74, 6) is 0. The lowest BCUT2D eigenvalue weighted by Crippen LogP contribution is -2.32. The first-order valence-corrected chi connectivity index (χ1v) is 9.38. The van der Waals surface area contributed by atoms with E-state index in [2.05, 4.69) is 48.5 Å². The molecule has 1 heterocycles. The van der Waals surface area contributed by atoms with E-state index < -0.39 is 12.5 Å². The van der Waals surface area contributed by atoms with E-state index in [1.165, 1.54) is 16.7 Å². The fourth-order valence-electron chi connectivity index (χ4n) is 5.12. The average Bonchev–Trinajstić information content (AvgIpc) is 3.21.